The lowest BCUT2D eigenvalue weighted by molar-refractivity contribution is -0.0237. The molecular formula is C21H30BNO6. The Morgan fingerprint density at radius 2 is 1.76 bits per heavy atom. The van der Waals surface area contributed by atoms with Crippen LogP contribution in [-0.2, 0) is 9.57 Å². The zero-order valence-electron chi connectivity index (χ0n) is 18.1. The zero-order chi connectivity index (χ0) is 22.4. The number of hydrogen-bond acceptors (Lipinski definition) is 7. The number of hydrogen-bond donors (Lipinski definition) is 3. The third-order valence-electron chi connectivity index (χ3n) is 4.08. The van der Waals surface area contributed by atoms with E-state index in [1.54, 1.807) is 12.1 Å². The van der Waals surface area contributed by atoms with E-state index in [2.05, 4.69) is 5.16 Å². The van der Waals surface area contributed by atoms with Crippen molar-refractivity contribution in [1.29, 1.82) is 0 Å². The van der Waals surface area contributed by atoms with Gasteiger partial charge in [0.15, 0.2) is 17.1 Å². The highest BCUT2D eigenvalue weighted by molar-refractivity contribution is 6.38. The molecule has 1 atom stereocenters. The van der Waals surface area contributed by atoms with Crippen molar-refractivity contribution in [3.63, 3.8) is 0 Å². The molecule has 1 spiro atoms. The van der Waals surface area contributed by atoms with E-state index in [1.807, 2.05) is 42.5 Å². The van der Waals surface area contributed by atoms with Crippen LogP contribution < -0.4 is 4.74 Å². The molecule has 8 heteroatoms. The second kappa shape index (κ2) is 12.1. The van der Waals surface area contributed by atoms with Crippen molar-refractivity contribution in [2.75, 3.05) is 20.3 Å². The van der Waals surface area contributed by atoms with Gasteiger partial charge < -0.3 is 29.5 Å². The van der Waals surface area contributed by atoms with Crippen molar-refractivity contribution in [1.82, 2.24) is 0 Å². The van der Waals surface area contributed by atoms with E-state index in [1.165, 1.54) is 21.3 Å². The molecule has 2 aliphatic rings. The molecule has 0 radical (unpaired) electrons. The number of ether oxygens (including phenoxy) is 2. The Balaban J connectivity index is 0.000000310. The van der Waals surface area contributed by atoms with E-state index in [-0.39, 0.29) is 11.4 Å². The summed E-state index contributed by atoms with van der Waals surface area (Å²) in [6.07, 6.45) is 1.58. The van der Waals surface area contributed by atoms with Gasteiger partial charge in [0.05, 0.1) is 26.0 Å². The van der Waals surface area contributed by atoms with Gasteiger partial charge in [0, 0.05) is 19.8 Å². The summed E-state index contributed by atoms with van der Waals surface area (Å²) in [6, 6.07) is 17.2. The molecule has 4 rings (SSSR count). The van der Waals surface area contributed by atoms with E-state index in [9.17, 15) is 5.11 Å². The fraction of sp³-hybridized carbons (Fsp3) is 0.381. The number of oxime groups is 1. The Bertz CT molecular complexity index is 725. The highest BCUT2D eigenvalue weighted by atomic mass is 16.7. The molecule has 29 heavy (non-hydrogen) atoms. The van der Waals surface area contributed by atoms with E-state index in [0.29, 0.717) is 12.4 Å². The molecule has 3 N–H and O–H groups in total. The van der Waals surface area contributed by atoms with E-state index in [4.69, 9.17) is 25.7 Å². The number of methoxy groups -OCH3 is 1. The van der Waals surface area contributed by atoms with Crippen molar-refractivity contribution >= 4 is 12.8 Å². The van der Waals surface area contributed by atoms with Gasteiger partial charge in [-0.3, -0.25) is 0 Å². The largest absolute Gasteiger partial charge is 0.504 e. The molecule has 158 valence electrons. The molecule has 0 bridgehead atoms. The number of phenols is 1. The predicted octanol–water partition coefficient (Wildman–Crippen LogP) is 3.10. The molecule has 0 amide bonds. The second-order valence-corrected chi connectivity index (χ2v) is 6.46. The minimum atomic E-state index is -1.17. The fourth-order valence-electron chi connectivity index (χ4n) is 2.73. The molecule has 0 aromatic heterocycles. The van der Waals surface area contributed by atoms with Crippen LogP contribution in [0.25, 0.3) is 0 Å². The normalized spacial score (nSPS) is 19.1. The highest BCUT2D eigenvalue weighted by Crippen LogP contribution is 2.35. The van der Waals surface area contributed by atoms with Crippen LogP contribution in [0.3, 0.4) is 0 Å². The summed E-state index contributed by atoms with van der Waals surface area (Å²) in [5.41, 5.74) is 1.42. The Hall–Kier alpha value is -2.55. The molecule has 0 aliphatic carbocycles. The standard InChI is InChI=1S/C13H15NO4.C6H6.CH5BO2.CH4/c1-16-12-3-2-9(6-11(12)15)10-7-13(18-14-10)4-5-17-8-13;1-2-4-6-5-3-1;1-2(3)4;/h2-3,6,15H,4-5,7-8H2,1H3;1-6H;3-4H,1H3;1H4/i;;;1T. The average molecular weight is 405 g/mol. The minimum absolute atomic E-state index is 0.112. The fourth-order valence-corrected chi connectivity index (χ4v) is 2.73. The van der Waals surface area contributed by atoms with Crippen molar-refractivity contribution in [2.45, 2.75) is 32.7 Å². The average Bonchev–Trinajstić information content (AvgIpc) is 3.41. The third-order valence-corrected chi connectivity index (χ3v) is 4.08. The van der Waals surface area contributed by atoms with E-state index < -0.39 is 7.12 Å². The monoisotopic (exact) mass is 405 g/mol. The topological polar surface area (TPSA) is 101 Å². The second-order valence-electron chi connectivity index (χ2n) is 6.46. The maximum absolute atomic E-state index is 9.76. The van der Waals surface area contributed by atoms with Crippen LogP contribution in [0, 0.1) is 0 Å². The summed E-state index contributed by atoms with van der Waals surface area (Å²) < 4.78 is 16.1. The summed E-state index contributed by atoms with van der Waals surface area (Å²) in [5, 5.41) is 29.1. The molecule has 2 aliphatic heterocycles. The van der Waals surface area contributed by atoms with Crippen molar-refractivity contribution in [3.05, 3.63) is 60.2 Å². The van der Waals surface area contributed by atoms with Gasteiger partial charge in [0.25, 0.3) is 0 Å². The van der Waals surface area contributed by atoms with Gasteiger partial charge in [0.1, 0.15) is 0 Å². The Morgan fingerprint density at radius 1 is 1.17 bits per heavy atom. The molecular weight excluding hydrogens is 373 g/mol. The maximum atomic E-state index is 9.76. The lowest BCUT2D eigenvalue weighted by atomic mass is 9.93. The van der Waals surface area contributed by atoms with Gasteiger partial charge in [-0.15, -0.1) is 0 Å². The Kier molecular flexibility index (Phi) is 9.50. The van der Waals surface area contributed by atoms with Crippen molar-refractivity contribution in [3.8, 4) is 11.5 Å². The quantitative estimate of drug-likeness (QED) is 0.664. The summed E-state index contributed by atoms with van der Waals surface area (Å²) in [4.78, 5) is 5.51. The SMILES string of the molecule is CB(O)O.COc1ccc(C2=NOC3(CCOC3)C2)cc1O.[3H]C.c1ccccc1. The third kappa shape index (κ3) is 7.77. The molecule has 2 aromatic carbocycles. The number of nitrogens with zero attached hydrogens (tertiary/aromatic N) is 1. The van der Waals surface area contributed by atoms with Gasteiger partial charge in [-0.25, -0.2) is 0 Å². The first-order valence-corrected chi connectivity index (χ1v) is 9.02. The zero-order valence-corrected chi connectivity index (χ0v) is 17.1. The lowest BCUT2D eigenvalue weighted by Gasteiger charge is -2.17. The number of aromatic hydroxyl groups is 1. The predicted molar refractivity (Wildman–Crippen MR) is 114 cm³/mol. The van der Waals surface area contributed by atoms with E-state index in [0.717, 1.165) is 30.7 Å². The minimum Gasteiger partial charge on any atom is -0.504 e. The molecule has 2 aromatic rings. The van der Waals surface area contributed by atoms with Crippen molar-refractivity contribution in [2.24, 2.45) is 5.16 Å². The summed E-state index contributed by atoms with van der Waals surface area (Å²) in [5.74, 6) is 0.568. The van der Waals surface area contributed by atoms with Crippen LogP contribution in [0.2, 0.25) is 6.82 Å². The molecule has 1 saturated heterocycles. The van der Waals surface area contributed by atoms with E-state index >= 15 is 0 Å². The molecule has 0 saturated carbocycles. The molecule has 2 heterocycles. The Labute approximate surface area is 174 Å². The summed E-state index contributed by atoms with van der Waals surface area (Å²) >= 11 is 0. The van der Waals surface area contributed by atoms with Gasteiger partial charge in [0.2, 0.25) is 0 Å². The number of benzene rings is 2. The molecule has 1 unspecified atom stereocenters. The van der Waals surface area contributed by atoms with Crippen LogP contribution in [0.5, 0.6) is 11.5 Å². The first-order chi connectivity index (χ1) is 14.5. The smallest absolute Gasteiger partial charge is 0.448 e. The highest BCUT2D eigenvalue weighted by Gasteiger charge is 2.43. The number of rotatable bonds is 2. The van der Waals surface area contributed by atoms with Crippen LogP contribution in [0.15, 0.2) is 59.8 Å². The van der Waals surface area contributed by atoms with Gasteiger partial charge in [-0.1, -0.05) is 49.0 Å². The van der Waals surface area contributed by atoms with Crippen LogP contribution in [0.1, 0.15) is 27.2 Å². The first kappa shape index (κ1) is 22.7. The summed E-state index contributed by atoms with van der Waals surface area (Å²) in [7, 11) is 1.61. The number of phenolic OH excluding ortho intramolecular Hbond substituents is 1. The summed E-state index contributed by atoms with van der Waals surface area (Å²) in [6.45, 7) is 2.58. The van der Waals surface area contributed by atoms with Gasteiger partial charge in [-0.05, 0) is 25.0 Å². The maximum Gasteiger partial charge on any atom is 0.448 e. The van der Waals surface area contributed by atoms with Gasteiger partial charge in [-0.2, -0.15) is 0 Å². The van der Waals surface area contributed by atoms with Crippen molar-refractivity contribution < 1.29 is 30.8 Å². The molecule has 1 fully saturated rings. The van der Waals surface area contributed by atoms with Crippen LogP contribution in [0.4, 0.5) is 0 Å². The molecule has 7 nitrogen and oxygen atoms in total. The lowest BCUT2D eigenvalue weighted by Crippen LogP contribution is -2.29. The van der Waals surface area contributed by atoms with Gasteiger partial charge >= 0.3 is 7.12 Å². The van der Waals surface area contributed by atoms with Crippen LogP contribution in [-0.4, -0.2) is 53.9 Å². The van der Waals surface area contributed by atoms with Crippen LogP contribution >= 0.6 is 0 Å². The first-order valence-electron chi connectivity index (χ1n) is 10.0. The Morgan fingerprint density at radius 3 is 2.21 bits per heavy atom.